The molecule has 1 fully saturated rings. The third-order valence-electron chi connectivity index (χ3n) is 3.12. The Labute approximate surface area is 108 Å². The van der Waals surface area contributed by atoms with Crippen molar-refractivity contribution in [2.45, 2.75) is 24.8 Å². The molecule has 1 aliphatic heterocycles. The highest BCUT2D eigenvalue weighted by Gasteiger charge is 2.19. The number of hydrogen-bond donors (Lipinski definition) is 2. The molecule has 0 radical (unpaired) electrons. The zero-order valence-electron chi connectivity index (χ0n) is 10.5. The van der Waals surface area contributed by atoms with Gasteiger partial charge < -0.3 is 5.32 Å². The Kier molecular flexibility index (Phi) is 4.31. The van der Waals surface area contributed by atoms with Crippen LogP contribution >= 0.6 is 0 Å². The van der Waals surface area contributed by atoms with E-state index in [1.165, 1.54) is 6.07 Å². The predicted molar refractivity (Wildman–Crippen MR) is 69.8 cm³/mol. The summed E-state index contributed by atoms with van der Waals surface area (Å²) < 4.78 is 26.6. The highest BCUT2D eigenvalue weighted by Crippen LogP contribution is 2.11. The number of pyridine rings is 1. The van der Waals surface area contributed by atoms with Crippen LogP contribution in [0.5, 0.6) is 0 Å². The Balaban J connectivity index is 1.96. The van der Waals surface area contributed by atoms with E-state index in [2.05, 4.69) is 15.0 Å². The summed E-state index contributed by atoms with van der Waals surface area (Å²) in [6, 6.07) is 3.29. The van der Waals surface area contributed by atoms with E-state index in [9.17, 15) is 8.42 Å². The summed E-state index contributed by atoms with van der Waals surface area (Å²) in [5, 5.41) is 3.36. The molecule has 0 spiro atoms. The minimum Gasteiger partial charge on any atom is -0.316 e. The van der Waals surface area contributed by atoms with Crippen LogP contribution in [0.15, 0.2) is 23.4 Å². The molecular formula is C12H19N3O2S. The van der Waals surface area contributed by atoms with Gasteiger partial charge in [-0.1, -0.05) is 6.07 Å². The quantitative estimate of drug-likeness (QED) is 0.842. The molecular weight excluding hydrogens is 250 g/mol. The molecule has 1 atom stereocenters. The van der Waals surface area contributed by atoms with Gasteiger partial charge in [0.25, 0.3) is 10.0 Å². The van der Waals surface area contributed by atoms with Crippen LogP contribution in [0.3, 0.4) is 0 Å². The Morgan fingerprint density at radius 3 is 2.94 bits per heavy atom. The molecule has 1 saturated heterocycles. The first kappa shape index (κ1) is 13.5. The summed E-state index contributed by atoms with van der Waals surface area (Å²) in [7, 11) is -3.47. The number of nitrogens with one attached hydrogen (secondary N) is 2. The van der Waals surface area contributed by atoms with Gasteiger partial charge in [-0.15, -0.1) is 0 Å². The molecule has 0 amide bonds. The van der Waals surface area contributed by atoms with Gasteiger partial charge in [0.1, 0.15) is 0 Å². The van der Waals surface area contributed by atoms with Crippen LogP contribution < -0.4 is 10.0 Å². The second kappa shape index (κ2) is 5.77. The van der Waals surface area contributed by atoms with Crippen LogP contribution in [-0.4, -0.2) is 33.0 Å². The van der Waals surface area contributed by atoms with E-state index in [4.69, 9.17) is 0 Å². The Morgan fingerprint density at radius 2 is 2.33 bits per heavy atom. The highest BCUT2D eigenvalue weighted by atomic mass is 32.2. The minimum absolute atomic E-state index is 0.0943. The van der Waals surface area contributed by atoms with E-state index < -0.39 is 10.0 Å². The molecule has 0 saturated carbocycles. The Hall–Kier alpha value is -0.980. The third-order valence-corrected chi connectivity index (χ3v) is 4.46. The topological polar surface area (TPSA) is 71.1 Å². The fourth-order valence-corrected chi connectivity index (χ4v) is 3.05. The van der Waals surface area contributed by atoms with Gasteiger partial charge in [0.2, 0.25) is 0 Å². The smallest absolute Gasteiger partial charge is 0.258 e. The monoisotopic (exact) mass is 269 g/mol. The number of aryl methyl sites for hydroxylation is 1. The zero-order chi connectivity index (χ0) is 13.0. The van der Waals surface area contributed by atoms with Gasteiger partial charge in [-0.2, -0.15) is 0 Å². The van der Waals surface area contributed by atoms with E-state index in [0.29, 0.717) is 12.5 Å². The molecule has 2 rings (SSSR count). The maximum absolute atomic E-state index is 12.0. The van der Waals surface area contributed by atoms with Gasteiger partial charge in [0, 0.05) is 12.7 Å². The third kappa shape index (κ3) is 3.51. The summed E-state index contributed by atoms with van der Waals surface area (Å²) in [6.07, 6.45) is 3.74. The maximum Gasteiger partial charge on any atom is 0.258 e. The van der Waals surface area contributed by atoms with Crippen molar-refractivity contribution < 1.29 is 8.42 Å². The van der Waals surface area contributed by atoms with Crippen LogP contribution in [0.2, 0.25) is 0 Å². The van der Waals surface area contributed by atoms with Crippen molar-refractivity contribution in [2.24, 2.45) is 5.92 Å². The molecule has 2 heterocycles. The van der Waals surface area contributed by atoms with Crippen molar-refractivity contribution in [3.63, 3.8) is 0 Å². The first-order valence-corrected chi connectivity index (χ1v) is 7.69. The van der Waals surface area contributed by atoms with Gasteiger partial charge in [0.15, 0.2) is 5.03 Å². The molecule has 100 valence electrons. The minimum atomic E-state index is -3.47. The predicted octanol–water partition coefficient (Wildman–Crippen LogP) is 0.668. The van der Waals surface area contributed by atoms with Crippen LogP contribution in [0.1, 0.15) is 18.4 Å². The average Bonchev–Trinajstić information content (AvgIpc) is 2.38. The van der Waals surface area contributed by atoms with Crippen LogP contribution in [-0.2, 0) is 10.0 Å². The Morgan fingerprint density at radius 1 is 1.50 bits per heavy atom. The standard InChI is InChI=1S/C12H19N3O2S/c1-10-4-5-12(14-7-10)18(16,17)15-9-11-3-2-6-13-8-11/h4-5,7,11,13,15H,2-3,6,8-9H2,1H3. The second-order valence-electron chi connectivity index (χ2n) is 4.74. The molecule has 6 heteroatoms. The molecule has 1 aromatic heterocycles. The van der Waals surface area contributed by atoms with Crippen molar-refractivity contribution in [1.29, 1.82) is 0 Å². The number of nitrogens with zero attached hydrogens (tertiary/aromatic N) is 1. The van der Waals surface area contributed by atoms with Gasteiger partial charge in [0.05, 0.1) is 0 Å². The lowest BCUT2D eigenvalue weighted by atomic mass is 10.0. The van der Waals surface area contributed by atoms with E-state index in [1.54, 1.807) is 12.3 Å². The van der Waals surface area contributed by atoms with Gasteiger partial charge >= 0.3 is 0 Å². The maximum atomic E-state index is 12.0. The number of piperidine rings is 1. The average molecular weight is 269 g/mol. The first-order valence-electron chi connectivity index (χ1n) is 6.21. The molecule has 5 nitrogen and oxygen atoms in total. The molecule has 1 aliphatic rings. The summed E-state index contributed by atoms with van der Waals surface area (Å²) in [4.78, 5) is 3.95. The van der Waals surface area contributed by atoms with E-state index in [0.717, 1.165) is 31.5 Å². The van der Waals surface area contributed by atoms with Crippen molar-refractivity contribution in [2.75, 3.05) is 19.6 Å². The molecule has 0 aromatic carbocycles. The molecule has 1 unspecified atom stereocenters. The molecule has 0 aliphatic carbocycles. The number of aromatic nitrogens is 1. The lowest BCUT2D eigenvalue weighted by Gasteiger charge is -2.22. The molecule has 1 aromatic rings. The van der Waals surface area contributed by atoms with Crippen LogP contribution in [0.4, 0.5) is 0 Å². The lowest BCUT2D eigenvalue weighted by Crippen LogP contribution is -2.38. The van der Waals surface area contributed by atoms with Crippen LogP contribution in [0.25, 0.3) is 0 Å². The molecule has 2 N–H and O–H groups in total. The highest BCUT2D eigenvalue weighted by molar-refractivity contribution is 7.89. The number of rotatable bonds is 4. The SMILES string of the molecule is Cc1ccc(S(=O)(=O)NCC2CCCNC2)nc1. The van der Waals surface area contributed by atoms with E-state index in [-0.39, 0.29) is 5.03 Å². The second-order valence-corrected chi connectivity index (χ2v) is 6.45. The summed E-state index contributed by atoms with van der Waals surface area (Å²) in [6.45, 7) is 4.27. The van der Waals surface area contributed by atoms with E-state index >= 15 is 0 Å². The van der Waals surface area contributed by atoms with E-state index in [1.807, 2.05) is 6.92 Å². The normalized spacial score (nSPS) is 20.8. The summed E-state index contributed by atoms with van der Waals surface area (Å²) >= 11 is 0. The molecule has 0 bridgehead atoms. The van der Waals surface area contributed by atoms with Gasteiger partial charge in [-0.3, -0.25) is 0 Å². The van der Waals surface area contributed by atoms with Crippen molar-refractivity contribution in [3.05, 3.63) is 23.9 Å². The fraction of sp³-hybridized carbons (Fsp3) is 0.583. The van der Waals surface area contributed by atoms with Crippen molar-refractivity contribution in [3.8, 4) is 0 Å². The molecule has 18 heavy (non-hydrogen) atoms. The lowest BCUT2D eigenvalue weighted by molar-refractivity contribution is 0.375. The zero-order valence-corrected chi connectivity index (χ0v) is 11.3. The number of sulfonamides is 1. The van der Waals surface area contributed by atoms with Crippen molar-refractivity contribution >= 4 is 10.0 Å². The van der Waals surface area contributed by atoms with Gasteiger partial charge in [-0.05, 0) is 50.4 Å². The van der Waals surface area contributed by atoms with Crippen LogP contribution in [0, 0.1) is 12.8 Å². The first-order chi connectivity index (χ1) is 8.58. The largest absolute Gasteiger partial charge is 0.316 e. The van der Waals surface area contributed by atoms with Crippen molar-refractivity contribution in [1.82, 2.24) is 15.0 Å². The summed E-state index contributed by atoms with van der Waals surface area (Å²) in [5.74, 6) is 0.374. The summed E-state index contributed by atoms with van der Waals surface area (Å²) in [5.41, 5.74) is 0.949. The van der Waals surface area contributed by atoms with Gasteiger partial charge in [-0.25, -0.2) is 18.1 Å². The number of hydrogen-bond acceptors (Lipinski definition) is 4. The Bertz CT molecular complexity index is 479. The fourth-order valence-electron chi connectivity index (χ4n) is 2.01.